The Balaban J connectivity index is 2.07. The first-order valence-electron chi connectivity index (χ1n) is 6.83. The lowest BCUT2D eigenvalue weighted by molar-refractivity contribution is 0.324. The zero-order chi connectivity index (χ0) is 14.7. The molecule has 108 valence electrons. The summed E-state index contributed by atoms with van der Waals surface area (Å²) in [7, 11) is 0. The summed E-state index contributed by atoms with van der Waals surface area (Å²) >= 11 is 6.20. The average molecular weight is 294 g/mol. The molecule has 1 heterocycles. The molecular weight excluding hydrogens is 274 g/mol. The summed E-state index contributed by atoms with van der Waals surface area (Å²) in [6, 6.07) is 7.89. The lowest BCUT2D eigenvalue weighted by Gasteiger charge is -2.18. The van der Waals surface area contributed by atoms with E-state index in [1.165, 1.54) is 0 Å². The van der Waals surface area contributed by atoms with Gasteiger partial charge >= 0.3 is 0 Å². The minimum atomic E-state index is -0.0266. The number of rotatable bonds is 5. The van der Waals surface area contributed by atoms with E-state index in [9.17, 15) is 0 Å². The van der Waals surface area contributed by atoms with Crippen molar-refractivity contribution in [2.45, 2.75) is 45.7 Å². The largest absolute Gasteiger partial charge is 0.338 e. The summed E-state index contributed by atoms with van der Waals surface area (Å²) < 4.78 is 5.30. The van der Waals surface area contributed by atoms with E-state index in [4.69, 9.17) is 16.1 Å². The van der Waals surface area contributed by atoms with Gasteiger partial charge in [-0.25, -0.2) is 0 Å². The van der Waals surface area contributed by atoms with E-state index in [1.54, 1.807) is 0 Å². The second-order valence-corrected chi connectivity index (χ2v) is 5.68. The van der Waals surface area contributed by atoms with Crippen LogP contribution in [0.3, 0.4) is 0 Å². The molecule has 0 aliphatic rings. The second-order valence-electron chi connectivity index (χ2n) is 5.28. The molecule has 0 saturated heterocycles. The molecule has 2 aromatic rings. The van der Waals surface area contributed by atoms with Gasteiger partial charge in [0.05, 0.1) is 6.04 Å². The first kappa shape index (κ1) is 15.0. The van der Waals surface area contributed by atoms with Crippen molar-refractivity contribution < 1.29 is 4.52 Å². The highest BCUT2D eigenvalue weighted by Crippen LogP contribution is 2.25. The SMILES string of the molecule is CC(C)c1noc([C@@H](C)N[C@@H](C)c2ccccc2Cl)n1. The van der Waals surface area contributed by atoms with Gasteiger partial charge in [0.25, 0.3) is 0 Å². The number of nitrogens with zero attached hydrogens (tertiary/aromatic N) is 2. The summed E-state index contributed by atoms with van der Waals surface area (Å²) in [6.07, 6.45) is 0. The molecule has 5 heteroatoms. The highest BCUT2D eigenvalue weighted by Gasteiger charge is 2.19. The van der Waals surface area contributed by atoms with E-state index in [1.807, 2.05) is 45.0 Å². The Morgan fingerprint density at radius 2 is 1.80 bits per heavy atom. The normalized spacial score (nSPS) is 14.5. The fourth-order valence-electron chi connectivity index (χ4n) is 2.02. The maximum absolute atomic E-state index is 6.20. The molecule has 1 aromatic heterocycles. The van der Waals surface area contributed by atoms with Crippen LogP contribution in [0.5, 0.6) is 0 Å². The van der Waals surface area contributed by atoms with Crippen molar-refractivity contribution in [1.82, 2.24) is 15.5 Å². The molecule has 2 atom stereocenters. The average Bonchev–Trinajstić information content (AvgIpc) is 2.88. The predicted octanol–water partition coefficient (Wildman–Crippen LogP) is 4.26. The van der Waals surface area contributed by atoms with Gasteiger partial charge in [0.1, 0.15) is 0 Å². The lowest BCUT2D eigenvalue weighted by atomic mass is 10.1. The molecule has 0 aliphatic heterocycles. The highest BCUT2D eigenvalue weighted by molar-refractivity contribution is 6.31. The van der Waals surface area contributed by atoms with Gasteiger partial charge in [-0.05, 0) is 25.5 Å². The Morgan fingerprint density at radius 3 is 2.40 bits per heavy atom. The van der Waals surface area contributed by atoms with Gasteiger partial charge in [-0.1, -0.05) is 48.8 Å². The van der Waals surface area contributed by atoms with Gasteiger partial charge in [-0.3, -0.25) is 5.32 Å². The van der Waals surface area contributed by atoms with Crippen molar-refractivity contribution in [2.24, 2.45) is 0 Å². The van der Waals surface area contributed by atoms with Crippen LogP contribution in [-0.2, 0) is 0 Å². The van der Waals surface area contributed by atoms with Crippen molar-refractivity contribution in [2.75, 3.05) is 0 Å². The quantitative estimate of drug-likeness (QED) is 0.895. The topological polar surface area (TPSA) is 51.0 Å². The van der Waals surface area contributed by atoms with E-state index in [-0.39, 0.29) is 18.0 Å². The Hall–Kier alpha value is -1.39. The summed E-state index contributed by atoms with van der Waals surface area (Å²) in [5, 5.41) is 8.16. The molecule has 4 nitrogen and oxygen atoms in total. The molecule has 2 rings (SSSR count). The van der Waals surface area contributed by atoms with Crippen molar-refractivity contribution in [3.63, 3.8) is 0 Å². The molecule has 0 radical (unpaired) electrons. The van der Waals surface area contributed by atoms with Crippen LogP contribution in [0.1, 0.15) is 63.0 Å². The van der Waals surface area contributed by atoms with Crippen LogP contribution < -0.4 is 5.32 Å². The number of nitrogens with one attached hydrogen (secondary N) is 1. The first-order chi connectivity index (χ1) is 9.49. The summed E-state index contributed by atoms with van der Waals surface area (Å²) in [5.74, 6) is 1.60. The van der Waals surface area contributed by atoms with E-state index in [0.29, 0.717) is 5.89 Å². The number of aromatic nitrogens is 2. The van der Waals surface area contributed by atoms with Crippen LogP contribution in [0.15, 0.2) is 28.8 Å². The van der Waals surface area contributed by atoms with Crippen molar-refractivity contribution in [1.29, 1.82) is 0 Å². The third-order valence-corrected chi connectivity index (χ3v) is 3.56. The molecular formula is C15H20ClN3O. The first-order valence-corrected chi connectivity index (χ1v) is 7.20. The van der Waals surface area contributed by atoms with Crippen LogP contribution >= 0.6 is 11.6 Å². The lowest BCUT2D eigenvalue weighted by Crippen LogP contribution is -2.23. The maximum atomic E-state index is 6.20. The minimum absolute atomic E-state index is 0.0266. The van der Waals surface area contributed by atoms with Gasteiger partial charge in [0, 0.05) is 17.0 Å². The maximum Gasteiger partial charge on any atom is 0.243 e. The van der Waals surface area contributed by atoms with E-state index < -0.39 is 0 Å². The Bertz CT molecular complexity index is 568. The third kappa shape index (κ3) is 3.38. The Kier molecular flexibility index (Phi) is 4.78. The molecule has 0 aliphatic carbocycles. The number of hydrogen-bond acceptors (Lipinski definition) is 4. The summed E-state index contributed by atoms with van der Waals surface area (Å²) in [5.41, 5.74) is 1.06. The molecule has 20 heavy (non-hydrogen) atoms. The van der Waals surface area contributed by atoms with Crippen LogP contribution in [0.2, 0.25) is 5.02 Å². The molecule has 0 bridgehead atoms. The van der Waals surface area contributed by atoms with Crippen LogP contribution in [0.4, 0.5) is 0 Å². The van der Waals surface area contributed by atoms with Crippen LogP contribution in [0, 0.1) is 0 Å². The number of hydrogen-bond donors (Lipinski definition) is 1. The standard InChI is InChI=1S/C15H20ClN3O/c1-9(2)14-18-15(20-19-14)11(4)17-10(3)12-7-5-6-8-13(12)16/h5-11,17H,1-4H3/t10-,11+/m0/s1. The van der Waals surface area contributed by atoms with Gasteiger partial charge < -0.3 is 4.52 Å². The van der Waals surface area contributed by atoms with Crippen LogP contribution in [-0.4, -0.2) is 10.1 Å². The van der Waals surface area contributed by atoms with Crippen molar-refractivity contribution >= 4 is 11.6 Å². The number of benzene rings is 1. The molecule has 0 spiro atoms. The minimum Gasteiger partial charge on any atom is -0.338 e. The zero-order valence-corrected chi connectivity index (χ0v) is 13.0. The van der Waals surface area contributed by atoms with Crippen LogP contribution in [0.25, 0.3) is 0 Å². The molecule has 1 aromatic carbocycles. The molecule has 0 fully saturated rings. The fraction of sp³-hybridized carbons (Fsp3) is 0.467. The second kappa shape index (κ2) is 6.37. The van der Waals surface area contributed by atoms with Crippen molar-refractivity contribution in [3.8, 4) is 0 Å². The smallest absolute Gasteiger partial charge is 0.243 e. The fourth-order valence-corrected chi connectivity index (χ4v) is 2.32. The van der Waals surface area contributed by atoms with E-state index in [2.05, 4.69) is 22.4 Å². The van der Waals surface area contributed by atoms with E-state index >= 15 is 0 Å². The Labute approximate surface area is 124 Å². The summed E-state index contributed by atoms with van der Waals surface area (Å²) in [4.78, 5) is 4.41. The summed E-state index contributed by atoms with van der Waals surface area (Å²) in [6.45, 7) is 8.15. The molecule has 0 saturated carbocycles. The van der Waals surface area contributed by atoms with Gasteiger partial charge in [0.15, 0.2) is 5.82 Å². The molecule has 0 amide bonds. The number of halogens is 1. The van der Waals surface area contributed by atoms with Gasteiger partial charge in [-0.2, -0.15) is 4.98 Å². The van der Waals surface area contributed by atoms with Gasteiger partial charge in [-0.15, -0.1) is 0 Å². The third-order valence-electron chi connectivity index (χ3n) is 3.22. The molecule has 0 unspecified atom stereocenters. The highest BCUT2D eigenvalue weighted by atomic mass is 35.5. The van der Waals surface area contributed by atoms with E-state index in [0.717, 1.165) is 16.4 Å². The van der Waals surface area contributed by atoms with Gasteiger partial charge in [0.2, 0.25) is 5.89 Å². The van der Waals surface area contributed by atoms with Crippen molar-refractivity contribution in [3.05, 3.63) is 46.6 Å². The monoisotopic (exact) mass is 293 g/mol. The zero-order valence-electron chi connectivity index (χ0n) is 12.2. The Morgan fingerprint density at radius 1 is 1.10 bits per heavy atom. The molecule has 1 N–H and O–H groups in total. The predicted molar refractivity (Wildman–Crippen MR) is 79.8 cm³/mol.